The fourth-order valence-electron chi connectivity index (χ4n) is 4.53. The molecule has 0 aliphatic heterocycles. The molecule has 1 saturated carbocycles. The molecule has 2 aromatic rings. The number of halogens is 1. The number of rotatable bonds is 8. The largest absolute Gasteiger partial charge is 0.352 e. The predicted octanol–water partition coefficient (Wildman–Crippen LogP) is 5.76. The summed E-state index contributed by atoms with van der Waals surface area (Å²) in [4.78, 5) is 28.6. The van der Waals surface area contributed by atoms with Gasteiger partial charge in [0, 0.05) is 17.6 Å². The summed E-state index contributed by atoms with van der Waals surface area (Å²) in [6.07, 6.45) is 6.39. The molecular weight excluding hydrogens is 420 g/mol. The van der Waals surface area contributed by atoms with Crippen LogP contribution in [0.2, 0.25) is 5.02 Å². The number of hydrogen-bond donors (Lipinski definition) is 1. The molecule has 1 aliphatic carbocycles. The molecule has 3 rings (SSSR count). The molecule has 2 aromatic carbocycles. The SMILES string of the molecule is CC[C@H](C(=O)NC1CCCCC1)N(Cc1ccccc1Cl)C(=O)Cc1cc(C)ccc1C. The number of nitrogens with zero attached hydrogens (tertiary/aromatic N) is 1. The van der Waals surface area contributed by atoms with E-state index in [1.165, 1.54) is 6.42 Å². The van der Waals surface area contributed by atoms with E-state index in [1.54, 1.807) is 4.90 Å². The van der Waals surface area contributed by atoms with Gasteiger partial charge >= 0.3 is 0 Å². The van der Waals surface area contributed by atoms with Gasteiger partial charge in [-0.2, -0.15) is 0 Å². The van der Waals surface area contributed by atoms with Gasteiger partial charge in [0.2, 0.25) is 11.8 Å². The lowest BCUT2D eigenvalue weighted by Crippen LogP contribution is -2.52. The molecule has 1 aliphatic rings. The zero-order valence-electron chi connectivity index (χ0n) is 19.5. The Morgan fingerprint density at radius 2 is 1.78 bits per heavy atom. The zero-order chi connectivity index (χ0) is 23.1. The van der Waals surface area contributed by atoms with Gasteiger partial charge in [0.25, 0.3) is 0 Å². The third-order valence-electron chi connectivity index (χ3n) is 6.48. The fourth-order valence-corrected chi connectivity index (χ4v) is 4.72. The van der Waals surface area contributed by atoms with E-state index >= 15 is 0 Å². The summed E-state index contributed by atoms with van der Waals surface area (Å²) in [6, 6.07) is 13.4. The lowest BCUT2D eigenvalue weighted by Gasteiger charge is -2.33. The van der Waals surface area contributed by atoms with Crippen molar-refractivity contribution in [1.82, 2.24) is 10.2 Å². The first-order valence-electron chi connectivity index (χ1n) is 11.8. The highest BCUT2D eigenvalue weighted by Crippen LogP contribution is 2.23. The summed E-state index contributed by atoms with van der Waals surface area (Å²) in [5.74, 6) is -0.106. The normalized spacial score (nSPS) is 15.2. The molecule has 0 radical (unpaired) electrons. The van der Waals surface area contributed by atoms with Crippen molar-refractivity contribution < 1.29 is 9.59 Å². The Kier molecular flexibility index (Phi) is 8.75. The molecule has 5 heteroatoms. The molecule has 1 N–H and O–H groups in total. The van der Waals surface area contributed by atoms with Crippen LogP contribution in [0, 0.1) is 13.8 Å². The van der Waals surface area contributed by atoms with Gasteiger partial charge in [-0.05, 0) is 55.9 Å². The molecule has 0 spiro atoms. The first-order chi connectivity index (χ1) is 15.4. The maximum Gasteiger partial charge on any atom is 0.243 e. The summed E-state index contributed by atoms with van der Waals surface area (Å²) in [5.41, 5.74) is 4.06. The summed E-state index contributed by atoms with van der Waals surface area (Å²) in [5, 5.41) is 3.83. The van der Waals surface area contributed by atoms with Gasteiger partial charge in [0.1, 0.15) is 6.04 Å². The highest BCUT2D eigenvalue weighted by molar-refractivity contribution is 6.31. The molecule has 172 valence electrons. The van der Waals surface area contributed by atoms with Crippen molar-refractivity contribution in [3.63, 3.8) is 0 Å². The zero-order valence-corrected chi connectivity index (χ0v) is 20.3. The van der Waals surface area contributed by atoms with Crippen molar-refractivity contribution in [2.75, 3.05) is 0 Å². The standard InChI is InChI=1S/C27H35ClN2O2/c1-4-25(27(32)29-23-11-6-5-7-12-23)30(18-21-10-8-9-13-24(21)28)26(31)17-22-16-19(2)14-15-20(22)3/h8-10,13-16,23,25H,4-7,11-12,17-18H2,1-3H3,(H,29,32)/t25-/m1/s1. The Labute approximate surface area is 197 Å². The van der Waals surface area contributed by atoms with Gasteiger partial charge < -0.3 is 10.2 Å². The molecule has 0 heterocycles. The number of nitrogens with one attached hydrogen (secondary N) is 1. The van der Waals surface area contributed by atoms with Crippen LogP contribution >= 0.6 is 11.6 Å². The van der Waals surface area contributed by atoms with Crippen LogP contribution in [0.3, 0.4) is 0 Å². The molecular formula is C27H35ClN2O2. The number of carbonyl (C=O) groups excluding carboxylic acids is 2. The van der Waals surface area contributed by atoms with Crippen molar-refractivity contribution in [2.24, 2.45) is 0 Å². The molecule has 32 heavy (non-hydrogen) atoms. The van der Waals surface area contributed by atoms with Crippen molar-refractivity contribution in [3.05, 3.63) is 69.7 Å². The second-order valence-electron chi connectivity index (χ2n) is 8.99. The first-order valence-corrected chi connectivity index (χ1v) is 12.2. The van der Waals surface area contributed by atoms with Crippen molar-refractivity contribution in [3.8, 4) is 0 Å². The Balaban J connectivity index is 1.85. The minimum absolute atomic E-state index is 0.0516. The van der Waals surface area contributed by atoms with Gasteiger partial charge in [0.05, 0.1) is 6.42 Å². The number of benzene rings is 2. The van der Waals surface area contributed by atoms with Gasteiger partial charge in [-0.1, -0.05) is 79.7 Å². The van der Waals surface area contributed by atoms with Gasteiger partial charge in [-0.3, -0.25) is 9.59 Å². The van der Waals surface area contributed by atoms with E-state index in [-0.39, 0.29) is 24.3 Å². The Morgan fingerprint density at radius 1 is 1.06 bits per heavy atom. The maximum atomic E-state index is 13.6. The fraction of sp³-hybridized carbons (Fsp3) is 0.481. The number of carbonyl (C=O) groups is 2. The van der Waals surface area contributed by atoms with Crippen LogP contribution in [-0.2, 0) is 22.6 Å². The third kappa shape index (κ3) is 6.35. The number of hydrogen-bond acceptors (Lipinski definition) is 2. The smallest absolute Gasteiger partial charge is 0.243 e. The highest BCUT2D eigenvalue weighted by Gasteiger charge is 2.30. The number of amides is 2. The second-order valence-corrected chi connectivity index (χ2v) is 9.39. The van der Waals surface area contributed by atoms with Crippen LogP contribution in [0.15, 0.2) is 42.5 Å². The van der Waals surface area contributed by atoms with E-state index in [0.717, 1.165) is 47.9 Å². The van der Waals surface area contributed by atoms with Gasteiger partial charge in [0.15, 0.2) is 0 Å². The Morgan fingerprint density at radius 3 is 2.47 bits per heavy atom. The Hall–Kier alpha value is -2.33. The van der Waals surface area contributed by atoms with Gasteiger partial charge in [-0.15, -0.1) is 0 Å². The first kappa shape index (κ1) is 24.3. The Bertz CT molecular complexity index is 937. The molecule has 4 nitrogen and oxygen atoms in total. The molecule has 0 unspecified atom stereocenters. The summed E-state index contributed by atoms with van der Waals surface area (Å²) in [6.45, 7) is 6.34. The van der Waals surface area contributed by atoms with Crippen molar-refractivity contribution >= 4 is 23.4 Å². The molecule has 0 aromatic heterocycles. The van der Waals surface area contributed by atoms with Crippen LogP contribution in [0.25, 0.3) is 0 Å². The number of aryl methyl sites for hydroxylation is 2. The second kappa shape index (κ2) is 11.5. The van der Waals surface area contributed by atoms with Crippen molar-refractivity contribution in [2.45, 2.75) is 84.3 Å². The quantitative estimate of drug-likeness (QED) is 0.551. The molecule has 0 saturated heterocycles. The third-order valence-corrected chi connectivity index (χ3v) is 6.85. The molecule has 1 atom stereocenters. The minimum atomic E-state index is -0.522. The molecule has 2 amide bonds. The predicted molar refractivity (Wildman–Crippen MR) is 131 cm³/mol. The molecule has 1 fully saturated rings. The van der Waals surface area contributed by atoms with E-state index in [1.807, 2.05) is 51.1 Å². The van der Waals surface area contributed by atoms with Gasteiger partial charge in [-0.25, -0.2) is 0 Å². The minimum Gasteiger partial charge on any atom is -0.352 e. The average Bonchev–Trinajstić information content (AvgIpc) is 2.78. The topological polar surface area (TPSA) is 49.4 Å². The maximum absolute atomic E-state index is 13.6. The van der Waals surface area contributed by atoms with E-state index in [2.05, 4.69) is 17.4 Å². The van der Waals surface area contributed by atoms with Crippen LogP contribution in [0.4, 0.5) is 0 Å². The average molecular weight is 455 g/mol. The lowest BCUT2D eigenvalue weighted by molar-refractivity contribution is -0.141. The monoisotopic (exact) mass is 454 g/mol. The van der Waals surface area contributed by atoms with Crippen LogP contribution in [0.5, 0.6) is 0 Å². The van der Waals surface area contributed by atoms with Crippen molar-refractivity contribution in [1.29, 1.82) is 0 Å². The van der Waals surface area contributed by atoms with Crippen LogP contribution in [-0.4, -0.2) is 28.8 Å². The van der Waals surface area contributed by atoms with E-state index in [9.17, 15) is 9.59 Å². The van der Waals surface area contributed by atoms with Crippen LogP contribution in [0.1, 0.15) is 67.7 Å². The van der Waals surface area contributed by atoms with Crippen LogP contribution < -0.4 is 5.32 Å². The van der Waals surface area contributed by atoms with E-state index in [0.29, 0.717) is 18.0 Å². The summed E-state index contributed by atoms with van der Waals surface area (Å²) >= 11 is 6.42. The molecule has 0 bridgehead atoms. The summed E-state index contributed by atoms with van der Waals surface area (Å²) < 4.78 is 0. The summed E-state index contributed by atoms with van der Waals surface area (Å²) in [7, 11) is 0. The highest BCUT2D eigenvalue weighted by atomic mass is 35.5. The van der Waals surface area contributed by atoms with E-state index < -0.39 is 6.04 Å². The van der Waals surface area contributed by atoms with E-state index in [4.69, 9.17) is 11.6 Å². The lowest BCUT2D eigenvalue weighted by atomic mass is 9.95.